The van der Waals surface area contributed by atoms with E-state index in [1.807, 2.05) is 18.2 Å². The minimum absolute atomic E-state index is 0. The van der Waals surface area contributed by atoms with Gasteiger partial charge in [0.05, 0.1) is 23.0 Å². The summed E-state index contributed by atoms with van der Waals surface area (Å²) in [4.78, 5) is 12.9. The number of aryl methyl sites for hydroxylation is 1. The van der Waals surface area contributed by atoms with Crippen molar-refractivity contribution in [2.24, 2.45) is 0 Å². The summed E-state index contributed by atoms with van der Waals surface area (Å²) in [5.41, 5.74) is 9.44. The van der Waals surface area contributed by atoms with Crippen LogP contribution in [0.4, 0.5) is 11.4 Å². The van der Waals surface area contributed by atoms with Gasteiger partial charge < -0.3 is 11.1 Å². The van der Waals surface area contributed by atoms with Crippen molar-refractivity contribution >= 4 is 39.7 Å². The summed E-state index contributed by atoms with van der Waals surface area (Å²) in [6, 6.07) is 12.3. The van der Waals surface area contributed by atoms with E-state index in [-0.39, 0.29) is 30.1 Å². The number of rotatable bonds is 6. The molecule has 1 aliphatic carbocycles. The molecule has 0 fully saturated rings. The Kier molecular flexibility index (Phi) is 7.32. The lowest BCUT2D eigenvalue weighted by Crippen LogP contribution is -2.32. The van der Waals surface area contributed by atoms with Gasteiger partial charge in [-0.15, -0.1) is 12.4 Å². The van der Waals surface area contributed by atoms with Gasteiger partial charge in [-0.2, -0.15) is 0 Å². The van der Waals surface area contributed by atoms with Crippen molar-refractivity contribution in [1.29, 1.82) is 0 Å². The lowest BCUT2D eigenvalue weighted by atomic mass is 9.87. The number of hydrogen-bond donors (Lipinski definition) is 3. The molecule has 0 heterocycles. The van der Waals surface area contributed by atoms with Crippen molar-refractivity contribution in [2.45, 2.75) is 38.6 Å². The molecule has 1 atom stereocenters. The van der Waals surface area contributed by atoms with Gasteiger partial charge >= 0.3 is 0 Å². The molecule has 152 valence electrons. The Morgan fingerprint density at radius 1 is 1.21 bits per heavy atom. The number of para-hydroxylation sites is 1. The normalized spacial score (nSPS) is 15.8. The molecule has 2 aromatic rings. The summed E-state index contributed by atoms with van der Waals surface area (Å²) in [6.45, 7) is 1.80. The molecule has 0 aliphatic heterocycles. The molecular formula is C20H26ClN3O3S. The molecule has 4 N–H and O–H groups in total. The number of benzene rings is 2. The molecule has 0 spiro atoms. The number of carbonyl (C=O) groups excluding carboxylic acids is 1. The van der Waals surface area contributed by atoms with Gasteiger partial charge in [-0.05, 0) is 61.1 Å². The Labute approximate surface area is 172 Å². The molecule has 28 heavy (non-hydrogen) atoms. The highest BCUT2D eigenvalue weighted by Crippen LogP contribution is 2.31. The molecule has 0 saturated carbocycles. The van der Waals surface area contributed by atoms with Crippen LogP contribution in [0.2, 0.25) is 0 Å². The summed E-state index contributed by atoms with van der Waals surface area (Å²) in [7, 11) is -3.47. The van der Waals surface area contributed by atoms with Crippen LogP contribution < -0.4 is 15.8 Å². The summed E-state index contributed by atoms with van der Waals surface area (Å²) < 4.78 is 26.7. The van der Waals surface area contributed by atoms with Crippen molar-refractivity contribution in [3.8, 4) is 0 Å². The zero-order chi connectivity index (χ0) is 19.4. The standard InChI is InChI=1S/C20H25N3O3S.ClH/c1-2-12-27(25,26)23-19-8-4-3-7-17(19)20(24)22-18-9-5-6-14-13-15(21)10-11-16(14)18;/h3-4,7-8,10-11,13,18,23H,2,5-6,9,12,21H2,1H3,(H,22,24);1H. The average molecular weight is 424 g/mol. The fourth-order valence-electron chi connectivity index (χ4n) is 3.48. The lowest BCUT2D eigenvalue weighted by Gasteiger charge is -2.27. The third-order valence-corrected chi connectivity index (χ3v) is 6.17. The number of amides is 1. The van der Waals surface area contributed by atoms with Crippen molar-refractivity contribution in [3.63, 3.8) is 0 Å². The molecule has 8 heteroatoms. The maximum absolute atomic E-state index is 12.9. The first-order valence-electron chi connectivity index (χ1n) is 9.18. The number of nitrogen functional groups attached to an aromatic ring is 1. The van der Waals surface area contributed by atoms with E-state index in [4.69, 9.17) is 5.73 Å². The number of hydrogen-bond acceptors (Lipinski definition) is 4. The predicted octanol–water partition coefficient (Wildman–Crippen LogP) is 3.65. The van der Waals surface area contributed by atoms with Crippen LogP contribution in [-0.2, 0) is 16.4 Å². The monoisotopic (exact) mass is 423 g/mol. The Bertz CT molecular complexity index is 947. The van der Waals surface area contributed by atoms with Crippen LogP contribution in [0.25, 0.3) is 0 Å². The van der Waals surface area contributed by atoms with E-state index in [2.05, 4.69) is 10.0 Å². The van der Waals surface area contributed by atoms with Gasteiger partial charge in [0.15, 0.2) is 0 Å². The molecule has 6 nitrogen and oxygen atoms in total. The van der Waals surface area contributed by atoms with Gasteiger partial charge in [0.25, 0.3) is 5.91 Å². The predicted molar refractivity (Wildman–Crippen MR) is 115 cm³/mol. The fourth-order valence-corrected chi connectivity index (χ4v) is 4.63. The van der Waals surface area contributed by atoms with Crippen molar-refractivity contribution in [3.05, 3.63) is 59.2 Å². The molecule has 2 aromatic carbocycles. The second-order valence-electron chi connectivity index (χ2n) is 6.84. The highest BCUT2D eigenvalue weighted by atomic mass is 35.5. The lowest BCUT2D eigenvalue weighted by molar-refractivity contribution is 0.0933. The molecule has 0 aromatic heterocycles. The Hall–Kier alpha value is -2.25. The smallest absolute Gasteiger partial charge is 0.253 e. The minimum atomic E-state index is -3.47. The second kappa shape index (κ2) is 9.30. The van der Waals surface area contributed by atoms with Crippen LogP contribution in [0.5, 0.6) is 0 Å². The van der Waals surface area contributed by atoms with Crippen LogP contribution in [0.15, 0.2) is 42.5 Å². The molecule has 1 amide bonds. The SMILES string of the molecule is CCCS(=O)(=O)Nc1ccccc1C(=O)NC1CCCc2cc(N)ccc21.Cl. The number of carbonyl (C=O) groups is 1. The summed E-state index contributed by atoms with van der Waals surface area (Å²) in [5, 5.41) is 3.05. The van der Waals surface area contributed by atoms with Crippen LogP contribution in [0.3, 0.4) is 0 Å². The van der Waals surface area contributed by atoms with Crippen LogP contribution in [0.1, 0.15) is 53.7 Å². The van der Waals surface area contributed by atoms with Crippen LogP contribution >= 0.6 is 12.4 Å². The maximum atomic E-state index is 12.9. The maximum Gasteiger partial charge on any atom is 0.253 e. The number of nitrogens with one attached hydrogen (secondary N) is 2. The van der Waals surface area contributed by atoms with E-state index in [9.17, 15) is 13.2 Å². The number of sulfonamides is 1. The quantitative estimate of drug-likeness (QED) is 0.617. The zero-order valence-electron chi connectivity index (χ0n) is 15.8. The minimum Gasteiger partial charge on any atom is -0.399 e. The van der Waals surface area contributed by atoms with E-state index < -0.39 is 10.0 Å². The highest BCUT2D eigenvalue weighted by molar-refractivity contribution is 7.92. The first-order chi connectivity index (χ1) is 12.9. The summed E-state index contributed by atoms with van der Waals surface area (Å²) >= 11 is 0. The van der Waals surface area contributed by atoms with Gasteiger partial charge in [-0.25, -0.2) is 8.42 Å². The first-order valence-corrected chi connectivity index (χ1v) is 10.8. The first kappa shape index (κ1) is 22.0. The molecule has 3 rings (SSSR count). The van der Waals surface area contributed by atoms with E-state index >= 15 is 0 Å². The molecule has 1 aliphatic rings. The van der Waals surface area contributed by atoms with E-state index in [0.717, 1.165) is 36.1 Å². The molecule has 1 unspecified atom stereocenters. The third-order valence-electron chi connectivity index (χ3n) is 4.70. The molecular weight excluding hydrogens is 398 g/mol. The highest BCUT2D eigenvalue weighted by Gasteiger charge is 2.24. The summed E-state index contributed by atoms with van der Waals surface area (Å²) in [5.74, 6) is -0.278. The second-order valence-corrected chi connectivity index (χ2v) is 8.68. The third kappa shape index (κ3) is 5.17. The van der Waals surface area contributed by atoms with Crippen molar-refractivity contribution in [2.75, 3.05) is 16.2 Å². The molecule has 0 bridgehead atoms. The zero-order valence-corrected chi connectivity index (χ0v) is 17.4. The number of nitrogens with two attached hydrogens (primary N) is 1. The number of fused-ring (bicyclic) bond motifs is 1. The van der Waals surface area contributed by atoms with Gasteiger partial charge in [0.1, 0.15) is 0 Å². The Morgan fingerprint density at radius 2 is 1.96 bits per heavy atom. The van der Waals surface area contributed by atoms with E-state index in [1.54, 1.807) is 31.2 Å². The topological polar surface area (TPSA) is 101 Å². The molecule has 0 saturated heterocycles. The van der Waals surface area contributed by atoms with E-state index in [0.29, 0.717) is 17.7 Å². The fraction of sp³-hybridized carbons (Fsp3) is 0.350. The van der Waals surface area contributed by atoms with Crippen molar-refractivity contribution in [1.82, 2.24) is 5.32 Å². The van der Waals surface area contributed by atoms with Gasteiger partial charge in [0, 0.05) is 5.69 Å². The number of halogens is 1. The van der Waals surface area contributed by atoms with Gasteiger partial charge in [-0.1, -0.05) is 25.1 Å². The Balaban J connectivity index is 0.00000280. The molecule has 0 radical (unpaired) electrons. The van der Waals surface area contributed by atoms with Crippen LogP contribution in [0, 0.1) is 0 Å². The van der Waals surface area contributed by atoms with Crippen molar-refractivity contribution < 1.29 is 13.2 Å². The largest absolute Gasteiger partial charge is 0.399 e. The Morgan fingerprint density at radius 3 is 2.71 bits per heavy atom. The van der Waals surface area contributed by atoms with Crippen LogP contribution in [-0.4, -0.2) is 20.1 Å². The van der Waals surface area contributed by atoms with Gasteiger partial charge in [0.2, 0.25) is 10.0 Å². The summed E-state index contributed by atoms with van der Waals surface area (Å²) in [6.07, 6.45) is 3.25. The van der Waals surface area contributed by atoms with E-state index in [1.165, 1.54) is 0 Å². The number of anilines is 2. The van der Waals surface area contributed by atoms with Gasteiger partial charge in [-0.3, -0.25) is 9.52 Å². The average Bonchev–Trinajstić information content (AvgIpc) is 2.61.